The summed E-state index contributed by atoms with van der Waals surface area (Å²) in [7, 11) is 0. The molecule has 2 aliphatic rings. The number of hydrogen-bond donors (Lipinski definition) is 0. The number of carbonyl (C=O) groups excluding carboxylic acids is 1. The van der Waals surface area contributed by atoms with E-state index in [1.54, 1.807) is 23.6 Å². The van der Waals surface area contributed by atoms with E-state index in [-0.39, 0.29) is 17.9 Å². The molecule has 0 spiro atoms. The third-order valence-electron chi connectivity index (χ3n) is 5.64. The molecule has 3 aromatic rings. The molecule has 1 aromatic carbocycles. The second-order valence-electron chi connectivity index (χ2n) is 7.56. The molecule has 1 fully saturated rings. The van der Waals surface area contributed by atoms with Crippen molar-refractivity contribution in [3.63, 3.8) is 0 Å². The molecule has 1 amide bonds. The quantitative estimate of drug-likeness (QED) is 0.529. The summed E-state index contributed by atoms with van der Waals surface area (Å²) < 4.78 is 11.2. The Balaban J connectivity index is 1.49. The van der Waals surface area contributed by atoms with Crippen molar-refractivity contribution in [3.8, 4) is 0 Å². The number of allylic oxidation sites excluding steroid dienone is 1. The van der Waals surface area contributed by atoms with E-state index in [1.807, 2.05) is 66.7 Å². The average Bonchev–Trinajstić information content (AvgIpc) is 3.53. The lowest BCUT2D eigenvalue weighted by molar-refractivity contribution is -0.128. The second-order valence-corrected chi connectivity index (χ2v) is 7.56. The number of amides is 1. The van der Waals surface area contributed by atoms with E-state index < -0.39 is 0 Å². The molecule has 2 unspecified atom stereocenters. The summed E-state index contributed by atoms with van der Waals surface area (Å²) in [6.07, 6.45) is 11.7. The molecule has 2 atom stereocenters. The zero-order valence-electron chi connectivity index (χ0n) is 16.5. The molecule has 0 bridgehead atoms. The fourth-order valence-electron chi connectivity index (χ4n) is 4.27. The van der Waals surface area contributed by atoms with E-state index in [9.17, 15) is 4.79 Å². The zero-order chi connectivity index (χ0) is 20.3. The summed E-state index contributed by atoms with van der Waals surface area (Å²) in [5.41, 5.74) is 3.06. The molecule has 0 saturated heterocycles. The second kappa shape index (κ2) is 8.03. The molecule has 2 aromatic heterocycles. The van der Waals surface area contributed by atoms with Crippen molar-refractivity contribution in [3.05, 3.63) is 95.9 Å². The molecular formula is C25H22N2O3. The van der Waals surface area contributed by atoms with Gasteiger partial charge < -0.3 is 8.83 Å². The first-order valence-corrected chi connectivity index (χ1v) is 10.2. The summed E-state index contributed by atoms with van der Waals surface area (Å²) in [4.78, 5) is 13.1. The molecule has 3 heterocycles. The average molecular weight is 398 g/mol. The van der Waals surface area contributed by atoms with Gasteiger partial charge in [0.1, 0.15) is 17.6 Å². The zero-order valence-corrected chi connectivity index (χ0v) is 16.5. The molecule has 1 aliphatic heterocycles. The number of hydrogen-bond acceptors (Lipinski definition) is 4. The molecule has 150 valence electrons. The lowest BCUT2D eigenvalue weighted by Crippen LogP contribution is -2.30. The lowest BCUT2D eigenvalue weighted by Gasteiger charge is -2.27. The van der Waals surface area contributed by atoms with E-state index in [0.29, 0.717) is 0 Å². The Bertz CT molecular complexity index is 1090. The van der Waals surface area contributed by atoms with Crippen molar-refractivity contribution < 1.29 is 13.6 Å². The standard InChI is InChI=1S/C25H22N2O3/c28-23(14-13-18-7-2-1-3-8-18)27-25(22-12-6-16-30-22)21-11-4-9-19(24(21)26-27)17-20-10-5-15-29-20/h1-3,5-8,10,12-17,21,25H,4,9,11H2/b14-13+,19-17-. The maximum atomic E-state index is 13.1. The van der Waals surface area contributed by atoms with E-state index in [0.717, 1.165) is 47.6 Å². The van der Waals surface area contributed by atoms with Crippen LogP contribution in [0.3, 0.4) is 0 Å². The van der Waals surface area contributed by atoms with Gasteiger partial charge >= 0.3 is 0 Å². The maximum Gasteiger partial charge on any atom is 0.267 e. The van der Waals surface area contributed by atoms with Crippen LogP contribution in [0, 0.1) is 5.92 Å². The highest BCUT2D eigenvalue weighted by molar-refractivity contribution is 6.08. The van der Waals surface area contributed by atoms with Crippen LogP contribution in [0.1, 0.15) is 42.4 Å². The third kappa shape index (κ3) is 3.54. The SMILES string of the molecule is O=C(/C=C/c1ccccc1)N1N=C2/C(=C\c3ccco3)CCCC2C1c1ccco1. The fourth-order valence-corrected chi connectivity index (χ4v) is 4.27. The van der Waals surface area contributed by atoms with Gasteiger partial charge in [0, 0.05) is 12.0 Å². The molecule has 5 nitrogen and oxygen atoms in total. The van der Waals surface area contributed by atoms with Gasteiger partial charge in [-0.2, -0.15) is 5.10 Å². The third-order valence-corrected chi connectivity index (χ3v) is 5.64. The molecule has 0 radical (unpaired) electrons. The number of nitrogens with zero attached hydrogens (tertiary/aromatic N) is 2. The highest BCUT2D eigenvalue weighted by Gasteiger charge is 2.44. The highest BCUT2D eigenvalue weighted by Crippen LogP contribution is 2.44. The van der Waals surface area contributed by atoms with Crippen LogP contribution in [0.5, 0.6) is 0 Å². The van der Waals surface area contributed by atoms with E-state index in [1.165, 1.54) is 0 Å². The minimum absolute atomic E-state index is 0.111. The minimum atomic E-state index is -0.233. The van der Waals surface area contributed by atoms with Crippen molar-refractivity contribution in [2.45, 2.75) is 25.3 Å². The van der Waals surface area contributed by atoms with Crippen molar-refractivity contribution in [2.75, 3.05) is 0 Å². The summed E-state index contributed by atoms with van der Waals surface area (Å²) >= 11 is 0. The van der Waals surface area contributed by atoms with Crippen molar-refractivity contribution in [1.29, 1.82) is 0 Å². The summed E-state index contributed by atoms with van der Waals surface area (Å²) in [6, 6.07) is 17.1. The van der Waals surface area contributed by atoms with Crippen LogP contribution in [0.25, 0.3) is 12.2 Å². The number of benzene rings is 1. The van der Waals surface area contributed by atoms with Gasteiger partial charge in [0.05, 0.1) is 18.2 Å². The Morgan fingerprint density at radius 3 is 2.63 bits per heavy atom. The van der Waals surface area contributed by atoms with Crippen LogP contribution < -0.4 is 0 Å². The number of furan rings is 2. The Hall–Kier alpha value is -3.60. The number of fused-ring (bicyclic) bond motifs is 1. The maximum absolute atomic E-state index is 13.1. The van der Waals surface area contributed by atoms with Gasteiger partial charge in [0.25, 0.3) is 5.91 Å². The molecule has 0 N–H and O–H groups in total. The van der Waals surface area contributed by atoms with Gasteiger partial charge in [-0.05, 0) is 66.8 Å². The molecule has 5 rings (SSSR count). The number of carbonyl (C=O) groups is 1. The van der Waals surface area contributed by atoms with E-state index in [4.69, 9.17) is 13.9 Å². The minimum Gasteiger partial charge on any atom is -0.467 e. The first-order chi connectivity index (χ1) is 14.8. The van der Waals surface area contributed by atoms with Crippen LogP contribution in [-0.4, -0.2) is 16.6 Å². The molecule has 1 aliphatic carbocycles. The van der Waals surface area contributed by atoms with Crippen molar-refractivity contribution >= 4 is 23.8 Å². The molecule has 1 saturated carbocycles. The Labute approximate surface area is 175 Å². The lowest BCUT2D eigenvalue weighted by atomic mass is 9.79. The van der Waals surface area contributed by atoms with Gasteiger partial charge in [-0.15, -0.1) is 0 Å². The smallest absolute Gasteiger partial charge is 0.267 e. The normalized spacial score (nSPS) is 22.5. The van der Waals surface area contributed by atoms with Gasteiger partial charge in [0.2, 0.25) is 0 Å². The Kier molecular flexibility index (Phi) is 4.93. The Morgan fingerprint density at radius 2 is 1.87 bits per heavy atom. The predicted octanol–water partition coefficient (Wildman–Crippen LogP) is 5.71. The molecule has 30 heavy (non-hydrogen) atoms. The van der Waals surface area contributed by atoms with Crippen LogP contribution in [0.15, 0.2) is 92.7 Å². The Morgan fingerprint density at radius 1 is 1.03 bits per heavy atom. The number of hydrazone groups is 1. The van der Waals surface area contributed by atoms with Gasteiger partial charge in [-0.3, -0.25) is 4.79 Å². The number of rotatable bonds is 4. The van der Waals surface area contributed by atoms with Gasteiger partial charge in [0.15, 0.2) is 0 Å². The van der Waals surface area contributed by atoms with Gasteiger partial charge in [-0.25, -0.2) is 5.01 Å². The first-order valence-electron chi connectivity index (χ1n) is 10.2. The van der Waals surface area contributed by atoms with Crippen molar-refractivity contribution in [2.24, 2.45) is 11.0 Å². The van der Waals surface area contributed by atoms with Crippen LogP contribution in [0.4, 0.5) is 0 Å². The van der Waals surface area contributed by atoms with Crippen LogP contribution in [0.2, 0.25) is 0 Å². The van der Waals surface area contributed by atoms with Crippen LogP contribution in [-0.2, 0) is 4.79 Å². The van der Waals surface area contributed by atoms with E-state index in [2.05, 4.69) is 0 Å². The first kappa shape index (κ1) is 18.4. The van der Waals surface area contributed by atoms with E-state index >= 15 is 0 Å². The fraction of sp³-hybridized carbons (Fsp3) is 0.200. The topological polar surface area (TPSA) is 59.0 Å². The van der Waals surface area contributed by atoms with Crippen molar-refractivity contribution in [1.82, 2.24) is 5.01 Å². The van der Waals surface area contributed by atoms with Gasteiger partial charge in [-0.1, -0.05) is 30.3 Å². The summed E-state index contributed by atoms with van der Waals surface area (Å²) in [5.74, 6) is 1.52. The van der Waals surface area contributed by atoms with Crippen LogP contribution >= 0.6 is 0 Å². The largest absolute Gasteiger partial charge is 0.467 e. The summed E-state index contributed by atoms with van der Waals surface area (Å²) in [5, 5.41) is 6.38. The molecular weight excluding hydrogens is 376 g/mol. The predicted molar refractivity (Wildman–Crippen MR) is 115 cm³/mol. The molecule has 5 heteroatoms. The highest BCUT2D eigenvalue weighted by atomic mass is 16.3. The summed E-state index contributed by atoms with van der Waals surface area (Å²) in [6.45, 7) is 0. The monoisotopic (exact) mass is 398 g/mol.